The topological polar surface area (TPSA) is 68.7 Å². The van der Waals surface area contributed by atoms with Crippen molar-refractivity contribution in [1.29, 1.82) is 0 Å². The van der Waals surface area contributed by atoms with Crippen molar-refractivity contribution in [3.05, 3.63) is 93.6 Å². The van der Waals surface area contributed by atoms with E-state index in [1.54, 1.807) is 48.2 Å². The Morgan fingerprint density at radius 2 is 1.73 bits per heavy atom. The molecule has 0 fully saturated rings. The Labute approximate surface area is 203 Å². The Morgan fingerprint density at radius 3 is 2.42 bits per heavy atom. The van der Waals surface area contributed by atoms with Crippen LogP contribution in [0.3, 0.4) is 0 Å². The predicted octanol–water partition coefficient (Wildman–Crippen LogP) is 5.56. The van der Waals surface area contributed by atoms with Gasteiger partial charge in [0.05, 0.1) is 16.1 Å². The first-order valence-electron chi connectivity index (χ1n) is 10.4. The van der Waals surface area contributed by atoms with Gasteiger partial charge in [-0.25, -0.2) is 4.98 Å². The highest BCUT2D eigenvalue weighted by atomic mass is 35.5. The van der Waals surface area contributed by atoms with Gasteiger partial charge in [-0.05, 0) is 36.2 Å². The van der Waals surface area contributed by atoms with Gasteiger partial charge in [-0.3, -0.25) is 9.59 Å². The van der Waals surface area contributed by atoms with Gasteiger partial charge in [0.15, 0.2) is 0 Å². The van der Waals surface area contributed by atoms with Gasteiger partial charge in [0.25, 0.3) is 5.91 Å². The van der Waals surface area contributed by atoms with Gasteiger partial charge in [-0.1, -0.05) is 65.7 Å². The number of nitrogens with zero attached hydrogens (tertiary/aromatic N) is 2. The van der Waals surface area contributed by atoms with Crippen molar-refractivity contribution in [2.75, 3.05) is 6.61 Å². The van der Waals surface area contributed by atoms with Crippen LogP contribution in [0, 0.1) is 0 Å². The van der Waals surface area contributed by atoms with E-state index in [9.17, 15) is 9.59 Å². The van der Waals surface area contributed by atoms with Gasteiger partial charge in [-0.2, -0.15) is 0 Å². The standard InChI is InChI=1S/C25H24Cl2N2O4/c1-17(15-32-18(2)30)29(14-20-11-12-21(26)22(27)13-20)25(31)23-9-6-10-24(28-23)33-16-19-7-4-3-5-8-19/h3-13,17H,14-16H2,1-2H3. The first-order valence-corrected chi connectivity index (χ1v) is 11.1. The van der Waals surface area contributed by atoms with Crippen LogP contribution in [0.15, 0.2) is 66.7 Å². The molecule has 0 bridgehead atoms. The molecule has 0 spiro atoms. The number of ether oxygens (including phenoxy) is 2. The number of pyridine rings is 1. The molecule has 2 aromatic carbocycles. The van der Waals surface area contributed by atoms with E-state index in [4.69, 9.17) is 32.7 Å². The van der Waals surface area contributed by atoms with Crippen molar-refractivity contribution < 1.29 is 19.1 Å². The van der Waals surface area contributed by atoms with Crippen molar-refractivity contribution in [1.82, 2.24) is 9.88 Å². The van der Waals surface area contributed by atoms with Gasteiger partial charge in [-0.15, -0.1) is 0 Å². The quantitative estimate of drug-likeness (QED) is 0.370. The lowest BCUT2D eigenvalue weighted by atomic mass is 10.1. The van der Waals surface area contributed by atoms with Crippen LogP contribution in [-0.4, -0.2) is 34.4 Å². The van der Waals surface area contributed by atoms with Crippen LogP contribution in [-0.2, 0) is 22.7 Å². The zero-order chi connectivity index (χ0) is 23.8. The summed E-state index contributed by atoms with van der Waals surface area (Å²) in [6.07, 6.45) is 0. The molecular formula is C25H24Cl2N2O4. The number of hydrogen-bond acceptors (Lipinski definition) is 5. The second-order valence-corrected chi connectivity index (χ2v) is 8.28. The summed E-state index contributed by atoms with van der Waals surface area (Å²) >= 11 is 12.2. The summed E-state index contributed by atoms with van der Waals surface area (Å²) in [6, 6.07) is 19.5. The molecule has 1 unspecified atom stereocenters. The fraction of sp³-hybridized carbons (Fsp3) is 0.240. The minimum Gasteiger partial charge on any atom is -0.473 e. The third-order valence-corrected chi connectivity index (χ3v) is 5.57. The van der Waals surface area contributed by atoms with E-state index in [1.165, 1.54) is 6.92 Å². The molecule has 8 heteroatoms. The van der Waals surface area contributed by atoms with E-state index in [1.807, 2.05) is 30.3 Å². The van der Waals surface area contributed by atoms with Crippen LogP contribution in [0.1, 0.15) is 35.5 Å². The van der Waals surface area contributed by atoms with E-state index < -0.39 is 12.0 Å². The average molecular weight is 487 g/mol. The SMILES string of the molecule is CC(=O)OCC(C)N(Cc1ccc(Cl)c(Cl)c1)C(=O)c1cccc(OCc2ccccc2)n1. The van der Waals surface area contributed by atoms with Crippen LogP contribution in [0.5, 0.6) is 5.88 Å². The maximum atomic E-state index is 13.4. The van der Waals surface area contributed by atoms with Gasteiger partial charge in [0.1, 0.15) is 18.9 Å². The van der Waals surface area contributed by atoms with Gasteiger partial charge in [0.2, 0.25) is 5.88 Å². The molecule has 0 aliphatic carbocycles. The van der Waals surface area contributed by atoms with Crippen molar-refractivity contribution in [2.24, 2.45) is 0 Å². The number of aromatic nitrogens is 1. The van der Waals surface area contributed by atoms with E-state index in [0.717, 1.165) is 11.1 Å². The molecule has 0 saturated heterocycles. The van der Waals surface area contributed by atoms with Crippen molar-refractivity contribution in [3.8, 4) is 5.88 Å². The summed E-state index contributed by atoms with van der Waals surface area (Å²) in [4.78, 5) is 30.7. The van der Waals surface area contributed by atoms with Crippen LogP contribution in [0.4, 0.5) is 0 Å². The molecule has 1 heterocycles. The van der Waals surface area contributed by atoms with E-state index in [-0.39, 0.29) is 24.8 Å². The summed E-state index contributed by atoms with van der Waals surface area (Å²) in [7, 11) is 0. The Bertz CT molecular complexity index is 1110. The summed E-state index contributed by atoms with van der Waals surface area (Å²) in [5.74, 6) is -0.407. The molecule has 33 heavy (non-hydrogen) atoms. The highest BCUT2D eigenvalue weighted by Gasteiger charge is 2.24. The highest BCUT2D eigenvalue weighted by molar-refractivity contribution is 6.42. The third kappa shape index (κ3) is 7.20. The van der Waals surface area contributed by atoms with Crippen LogP contribution < -0.4 is 4.74 Å². The molecular weight excluding hydrogens is 463 g/mol. The van der Waals surface area contributed by atoms with Crippen molar-refractivity contribution in [2.45, 2.75) is 33.0 Å². The molecule has 0 aliphatic heterocycles. The molecule has 0 N–H and O–H groups in total. The van der Waals surface area contributed by atoms with Crippen molar-refractivity contribution >= 4 is 35.1 Å². The molecule has 3 aromatic rings. The lowest BCUT2D eigenvalue weighted by molar-refractivity contribution is -0.142. The second-order valence-electron chi connectivity index (χ2n) is 7.47. The number of halogens is 2. The summed E-state index contributed by atoms with van der Waals surface area (Å²) in [5.41, 5.74) is 1.99. The van der Waals surface area contributed by atoms with E-state index in [0.29, 0.717) is 22.5 Å². The molecule has 0 radical (unpaired) electrons. The van der Waals surface area contributed by atoms with E-state index >= 15 is 0 Å². The second kappa shape index (κ2) is 11.7. The van der Waals surface area contributed by atoms with Gasteiger partial charge < -0.3 is 14.4 Å². The normalized spacial score (nSPS) is 11.5. The van der Waals surface area contributed by atoms with Crippen molar-refractivity contribution in [3.63, 3.8) is 0 Å². The fourth-order valence-corrected chi connectivity index (χ4v) is 3.40. The first-order chi connectivity index (χ1) is 15.8. The zero-order valence-corrected chi connectivity index (χ0v) is 19.8. The molecule has 6 nitrogen and oxygen atoms in total. The van der Waals surface area contributed by atoms with Crippen LogP contribution in [0.25, 0.3) is 0 Å². The first kappa shape index (κ1) is 24.6. The maximum Gasteiger partial charge on any atom is 0.302 e. The number of amides is 1. The smallest absolute Gasteiger partial charge is 0.302 e. The molecule has 0 saturated carbocycles. The average Bonchev–Trinajstić information content (AvgIpc) is 2.82. The third-order valence-electron chi connectivity index (χ3n) is 4.83. The molecule has 1 aromatic heterocycles. The largest absolute Gasteiger partial charge is 0.473 e. The molecule has 172 valence electrons. The number of carbonyl (C=O) groups is 2. The van der Waals surface area contributed by atoms with Gasteiger partial charge in [0, 0.05) is 19.5 Å². The Hall–Kier alpha value is -3.09. The number of benzene rings is 2. The summed E-state index contributed by atoms with van der Waals surface area (Å²) in [6.45, 7) is 3.74. The molecule has 1 amide bonds. The number of carbonyl (C=O) groups excluding carboxylic acids is 2. The highest BCUT2D eigenvalue weighted by Crippen LogP contribution is 2.24. The minimum atomic E-state index is -0.418. The number of rotatable bonds is 9. The summed E-state index contributed by atoms with van der Waals surface area (Å²) < 4.78 is 10.9. The molecule has 0 aliphatic rings. The maximum absolute atomic E-state index is 13.4. The monoisotopic (exact) mass is 486 g/mol. The van der Waals surface area contributed by atoms with Gasteiger partial charge >= 0.3 is 5.97 Å². The van der Waals surface area contributed by atoms with E-state index in [2.05, 4.69) is 4.98 Å². The number of esters is 1. The molecule has 3 rings (SSSR count). The Balaban J connectivity index is 1.80. The fourth-order valence-electron chi connectivity index (χ4n) is 3.08. The number of hydrogen-bond donors (Lipinski definition) is 0. The minimum absolute atomic E-state index is 0.0482. The molecule has 1 atom stereocenters. The van der Waals surface area contributed by atoms with Crippen LogP contribution in [0.2, 0.25) is 10.0 Å². The predicted molar refractivity (Wildman–Crippen MR) is 127 cm³/mol. The van der Waals surface area contributed by atoms with Crippen LogP contribution >= 0.6 is 23.2 Å². The Morgan fingerprint density at radius 1 is 0.970 bits per heavy atom. The lowest BCUT2D eigenvalue weighted by Crippen LogP contribution is -2.41. The zero-order valence-electron chi connectivity index (χ0n) is 18.3. The summed E-state index contributed by atoms with van der Waals surface area (Å²) in [5, 5.41) is 0.819. The lowest BCUT2D eigenvalue weighted by Gasteiger charge is -2.29. The Kier molecular flexibility index (Phi) is 8.69.